The van der Waals surface area contributed by atoms with Crippen LogP contribution in [0.2, 0.25) is 0 Å². The highest BCUT2D eigenvalue weighted by Crippen LogP contribution is 2.36. The van der Waals surface area contributed by atoms with E-state index in [1.165, 1.54) is 0 Å². The third-order valence-electron chi connectivity index (χ3n) is 11.8. The van der Waals surface area contributed by atoms with E-state index < -0.39 is 61.4 Å². The highest BCUT2D eigenvalue weighted by atomic mass is 16.8. The summed E-state index contributed by atoms with van der Waals surface area (Å²) in [5.74, 6) is 0. The molecule has 6 aromatic rings. The molecule has 356 valence electrons. The lowest BCUT2D eigenvalue weighted by Crippen LogP contribution is -2.66. The summed E-state index contributed by atoms with van der Waals surface area (Å²) in [7, 11) is 0. The molecule has 11 nitrogen and oxygen atoms in total. The molecule has 10 atom stereocenters. The highest BCUT2D eigenvalue weighted by Gasteiger charge is 2.54. The lowest BCUT2D eigenvalue weighted by atomic mass is 9.95. The zero-order chi connectivity index (χ0) is 46.6. The molecule has 0 radical (unpaired) electrons. The van der Waals surface area contributed by atoms with Crippen molar-refractivity contribution in [2.45, 2.75) is 101 Å². The lowest BCUT2D eigenvalue weighted by Gasteiger charge is -2.49. The van der Waals surface area contributed by atoms with Crippen molar-refractivity contribution in [3.8, 4) is 0 Å². The van der Waals surface area contributed by atoms with Gasteiger partial charge >= 0.3 is 0 Å². The summed E-state index contributed by atoms with van der Waals surface area (Å²) in [6.07, 6.45) is -7.56. The van der Waals surface area contributed by atoms with Gasteiger partial charge in [-0.15, -0.1) is 6.58 Å². The second kappa shape index (κ2) is 26.4. The fraction of sp³-hybridized carbons (Fsp3) is 0.333. The van der Waals surface area contributed by atoms with Gasteiger partial charge in [-0.05, 0) is 33.4 Å². The smallest absolute Gasteiger partial charge is 0.187 e. The maximum absolute atomic E-state index is 11.9. The summed E-state index contributed by atoms with van der Waals surface area (Å²) in [5, 5.41) is 11.9. The molecule has 2 aliphatic heterocycles. The molecule has 0 spiro atoms. The van der Waals surface area contributed by atoms with Crippen molar-refractivity contribution in [2.75, 3.05) is 19.8 Å². The molecule has 0 saturated carbocycles. The fourth-order valence-electron chi connectivity index (χ4n) is 8.39. The predicted octanol–water partition coefficient (Wildman–Crippen LogP) is 9.16. The van der Waals surface area contributed by atoms with Crippen LogP contribution in [0.4, 0.5) is 0 Å². The summed E-state index contributed by atoms with van der Waals surface area (Å²) in [5.41, 5.74) is 5.76. The molecule has 8 rings (SSSR count). The average Bonchev–Trinajstić information content (AvgIpc) is 3.39. The van der Waals surface area contributed by atoms with Crippen LogP contribution >= 0.6 is 0 Å². The van der Waals surface area contributed by atoms with Crippen LogP contribution in [0, 0.1) is 0 Å². The second-order valence-corrected chi connectivity index (χ2v) is 16.8. The van der Waals surface area contributed by atoms with Crippen molar-refractivity contribution in [1.29, 1.82) is 0 Å². The van der Waals surface area contributed by atoms with Crippen LogP contribution in [-0.2, 0) is 87.0 Å². The maximum atomic E-state index is 11.9. The number of hydrogen-bond acceptors (Lipinski definition) is 11. The third kappa shape index (κ3) is 14.3. The first kappa shape index (κ1) is 49.1. The van der Waals surface area contributed by atoms with Crippen LogP contribution in [0.1, 0.15) is 33.4 Å². The van der Waals surface area contributed by atoms with Crippen molar-refractivity contribution in [3.63, 3.8) is 0 Å². The first-order valence-electron chi connectivity index (χ1n) is 23.3. The third-order valence-corrected chi connectivity index (χ3v) is 11.8. The molecule has 2 saturated heterocycles. The Labute approximate surface area is 400 Å². The van der Waals surface area contributed by atoms with Crippen LogP contribution < -0.4 is 0 Å². The SMILES string of the molecule is C=CCO[C@H]1[C@@H](OCc2ccccc2)[C@@H](COCc2ccccc2)O[C@@H](O[C@H]2[C@H](OCc3ccccc3)[C@@H](OCc3ccccc3)[C@H](O)O[C@@H]2COCc2ccccc2)[C@@H]1OCc1ccccc1. The van der Waals surface area contributed by atoms with Gasteiger partial charge < -0.3 is 52.5 Å². The minimum absolute atomic E-state index is 0.0400. The summed E-state index contributed by atoms with van der Waals surface area (Å²) >= 11 is 0. The standard InChI is InChI=1S/C57H62O11/c1-2-33-61-52-50(62-36-44-25-13-5-14-26-44)48(40-59-34-42-21-9-3-10-22-42)67-57(55(52)65-39-47-31-19-8-20-32-47)68-51-49(41-60-35-43-23-11-4-12-24-43)66-56(58)54(64-38-46-29-17-7-18-30-46)53(51)63-37-45-27-15-6-16-28-45/h2-32,48-58H,1,33-41H2/t48-,49-,50+,51-,52+,53+,54-,55-,56-,57+/m1/s1. The summed E-state index contributed by atoms with van der Waals surface area (Å²) < 4.78 is 67.5. The first-order valence-corrected chi connectivity index (χ1v) is 23.3. The van der Waals surface area contributed by atoms with Crippen LogP contribution in [-0.4, -0.2) is 86.3 Å². The molecule has 6 aromatic carbocycles. The minimum atomic E-state index is -1.40. The van der Waals surface area contributed by atoms with Gasteiger partial charge in [0.05, 0.1) is 59.5 Å². The van der Waals surface area contributed by atoms with E-state index in [0.717, 1.165) is 33.4 Å². The van der Waals surface area contributed by atoms with Gasteiger partial charge in [-0.25, -0.2) is 0 Å². The van der Waals surface area contributed by atoms with E-state index in [9.17, 15) is 5.11 Å². The van der Waals surface area contributed by atoms with E-state index in [-0.39, 0.29) is 46.2 Å². The Balaban J connectivity index is 1.16. The quantitative estimate of drug-likeness (QED) is 0.0555. The Morgan fingerprint density at radius 2 is 0.721 bits per heavy atom. The molecule has 2 heterocycles. The predicted molar refractivity (Wildman–Crippen MR) is 257 cm³/mol. The Bertz CT molecular complexity index is 2290. The normalized spacial score (nSPS) is 24.9. The molecule has 68 heavy (non-hydrogen) atoms. The van der Waals surface area contributed by atoms with Crippen LogP contribution in [0.15, 0.2) is 195 Å². The van der Waals surface area contributed by atoms with Crippen molar-refractivity contribution >= 4 is 0 Å². The van der Waals surface area contributed by atoms with E-state index in [0.29, 0.717) is 13.2 Å². The van der Waals surface area contributed by atoms with Crippen molar-refractivity contribution in [3.05, 3.63) is 228 Å². The van der Waals surface area contributed by atoms with Gasteiger partial charge in [0, 0.05) is 0 Å². The summed E-state index contributed by atoms with van der Waals surface area (Å²) in [6.45, 7) is 5.86. The molecule has 2 fully saturated rings. The minimum Gasteiger partial charge on any atom is -0.374 e. The summed E-state index contributed by atoms with van der Waals surface area (Å²) in [4.78, 5) is 0. The maximum Gasteiger partial charge on any atom is 0.187 e. The van der Waals surface area contributed by atoms with Gasteiger partial charge in [-0.2, -0.15) is 0 Å². The Morgan fingerprint density at radius 1 is 0.382 bits per heavy atom. The Morgan fingerprint density at radius 3 is 1.13 bits per heavy atom. The van der Waals surface area contributed by atoms with Crippen molar-refractivity contribution in [2.24, 2.45) is 0 Å². The second-order valence-electron chi connectivity index (χ2n) is 16.8. The largest absolute Gasteiger partial charge is 0.374 e. The summed E-state index contributed by atoms with van der Waals surface area (Å²) in [6, 6.07) is 59.3. The molecule has 0 aliphatic carbocycles. The molecule has 11 heteroatoms. The molecule has 0 amide bonds. The van der Waals surface area contributed by atoms with Crippen LogP contribution in [0.3, 0.4) is 0 Å². The Kier molecular flexibility index (Phi) is 19.0. The monoisotopic (exact) mass is 922 g/mol. The molecule has 2 aliphatic rings. The lowest BCUT2D eigenvalue weighted by molar-refractivity contribution is -0.373. The van der Waals surface area contributed by atoms with E-state index in [2.05, 4.69) is 6.58 Å². The van der Waals surface area contributed by atoms with Gasteiger partial charge in [0.15, 0.2) is 12.6 Å². The van der Waals surface area contributed by atoms with Gasteiger partial charge in [-0.1, -0.05) is 188 Å². The highest BCUT2D eigenvalue weighted by molar-refractivity contribution is 5.18. The first-order chi connectivity index (χ1) is 33.6. The van der Waals surface area contributed by atoms with E-state index >= 15 is 0 Å². The van der Waals surface area contributed by atoms with Gasteiger partial charge in [-0.3, -0.25) is 0 Å². The number of rotatable bonds is 25. The fourth-order valence-corrected chi connectivity index (χ4v) is 8.39. The topological polar surface area (TPSA) is 113 Å². The molecule has 0 unspecified atom stereocenters. The number of aliphatic hydroxyl groups excluding tert-OH is 1. The average molecular weight is 923 g/mol. The molecular formula is C57H62O11. The van der Waals surface area contributed by atoms with Crippen LogP contribution in [0.5, 0.6) is 0 Å². The van der Waals surface area contributed by atoms with Gasteiger partial charge in [0.2, 0.25) is 0 Å². The zero-order valence-electron chi connectivity index (χ0n) is 38.3. The number of ether oxygens (including phenoxy) is 10. The van der Waals surface area contributed by atoms with Gasteiger partial charge in [0.25, 0.3) is 0 Å². The van der Waals surface area contributed by atoms with E-state index in [1.54, 1.807) is 6.08 Å². The Hall–Kier alpha value is -5.38. The molecule has 1 N–H and O–H groups in total. The van der Waals surface area contributed by atoms with Gasteiger partial charge in [0.1, 0.15) is 48.8 Å². The zero-order valence-corrected chi connectivity index (χ0v) is 38.3. The van der Waals surface area contributed by atoms with E-state index in [1.807, 2.05) is 182 Å². The molecular weight excluding hydrogens is 861 g/mol. The molecule has 0 bridgehead atoms. The van der Waals surface area contributed by atoms with E-state index in [4.69, 9.17) is 47.4 Å². The van der Waals surface area contributed by atoms with Crippen LogP contribution in [0.25, 0.3) is 0 Å². The van der Waals surface area contributed by atoms with Crippen molar-refractivity contribution < 1.29 is 52.5 Å². The number of aliphatic hydroxyl groups is 1. The number of hydrogen-bond donors (Lipinski definition) is 1. The molecule has 0 aromatic heterocycles. The number of benzene rings is 6. The van der Waals surface area contributed by atoms with Crippen molar-refractivity contribution in [1.82, 2.24) is 0 Å².